The monoisotopic (exact) mass is 272 g/mol. The van der Waals surface area contributed by atoms with Crippen LogP contribution in [0.3, 0.4) is 0 Å². The minimum atomic E-state index is -1.12. The Bertz CT molecular complexity index is 496. The summed E-state index contributed by atoms with van der Waals surface area (Å²) in [7, 11) is 3.18. The van der Waals surface area contributed by atoms with Gasteiger partial charge in [-0.1, -0.05) is 0 Å². The van der Waals surface area contributed by atoms with Crippen molar-refractivity contribution in [3.8, 4) is 12.1 Å². The molecule has 5 fully saturated rings. The van der Waals surface area contributed by atoms with Crippen molar-refractivity contribution in [3.05, 3.63) is 0 Å². The van der Waals surface area contributed by atoms with E-state index in [0.717, 1.165) is 37.5 Å². The number of ether oxygens (including phenoxy) is 2. The van der Waals surface area contributed by atoms with Crippen molar-refractivity contribution in [1.29, 1.82) is 10.5 Å². The lowest BCUT2D eigenvalue weighted by Crippen LogP contribution is -2.51. The molecule has 4 bridgehead atoms. The molecule has 0 amide bonds. The van der Waals surface area contributed by atoms with Gasteiger partial charge >= 0.3 is 0 Å². The third-order valence-corrected chi connectivity index (χ3v) is 6.93. The Morgan fingerprint density at radius 2 is 1.30 bits per heavy atom. The van der Waals surface area contributed by atoms with Crippen LogP contribution in [0.5, 0.6) is 0 Å². The number of hydrogen-bond acceptors (Lipinski definition) is 4. The van der Waals surface area contributed by atoms with E-state index in [1.165, 1.54) is 6.42 Å². The van der Waals surface area contributed by atoms with Gasteiger partial charge in [-0.2, -0.15) is 10.5 Å². The molecule has 5 saturated carbocycles. The van der Waals surface area contributed by atoms with Crippen LogP contribution in [0.2, 0.25) is 0 Å². The van der Waals surface area contributed by atoms with E-state index in [2.05, 4.69) is 12.1 Å². The lowest BCUT2D eigenvalue weighted by atomic mass is 9.48. The first kappa shape index (κ1) is 12.6. The summed E-state index contributed by atoms with van der Waals surface area (Å²) in [5, 5.41) is 19.5. The number of rotatable bonds is 2. The van der Waals surface area contributed by atoms with Gasteiger partial charge in [0.15, 0.2) is 0 Å². The Labute approximate surface area is 119 Å². The van der Waals surface area contributed by atoms with Crippen LogP contribution in [-0.2, 0) is 9.47 Å². The van der Waals surface area contributed by atoms with Gasteiger partial charge in [0.2, 0.25) is 11.2 Å². The summed E-state index contributed by atoms with van der Waals surface area (Å²) < 4.78 is 11.4. The molecule has 20 heavy (non-hydrogen) atoms. The maximum atomic E-state index is 9.77. The van der Waals surface area contributed by atoms with Gasteiger partial charge in [0.1, 0.15) is 0 Å². The molecule has 0 atom stereocenters. The second-order valence-corrected chi connectivity index (χ2v) is 7.17. The lowest BCUT2D eigenvalue weighted by Gasteiger charge is -2.56. The SMILES string of the molecule is COC1(OC)C(C#N)(C#N)C12C1CC3CC(C1)CC2C3. The van der Waals surface area contributed by atoms with E-state index >= 15 is 0 Å². The Morgan fingerprint density at radius 3 is 1.60 bits per heavy atom. The van der Waals surface area contributed by atoms with Gasteiger partial charge in [0.25, 0.3) is 0 Å². The number of methoxy groups -OCH3 is 2. The standard InChI is InChI=1S/C16H20N2O2/c1-19-16(20-2)14(8-17,9-18)15(16)12-4-10-3-11(6-12)7-13(15)5-10/h10-13H,3-7H2,1-2H3. The lowest BCUT2D eigenvalue weighted by molar-refractivity contribution is -0.204. The average molecular weight is 272 g/mol. The minimum absolute atomic E-state index is 0.388. The van der Waals surface area contributed by atoms with E-state index < -0.39 is 11.2 Å². The summed E-state index contributed by atoms with van der Waals surface area (Å²) in [6, 6.07) is 4.61. The fraction of sp³-hybridized carbons (Fsp3) is 0.875. The van der Waals surface area contributed by atoms with E-state index in [1.54, 1.807) is 14.2 Å². The minimum Gasteiger partial charge on any atom is -0.350 e. The highest BCUT2D eigenvalue weighted by Gasteiger charge is 2.96. The predicted molar refractivity (Wildman–Crippen MR) is 69.9 cm³/mol. The van der Waals surface area contributed by atoms with Gasteiger partial charge in [-0.25, -0.2) is 0 Å². The van der Waals surface area contributed by atoms with Gasteiger partial charge < -0.3 is 9.47 Å². The summed E-state index contributed by atoms with van der Waals surface area (Å²) in [4.78, 5) is 0. The van der Waals surface area contributed by atoms with Crippen molar-refractivity contribution in [3.63, 3.8) is 0 Å². The summed E-state index contributed by atoms with van der Waals surface area (Å²) in [6.07, 6.45) is 5.93. The summed E-state index contributed by atoms with van der Waals surface area (Å²) in [5.74, 6) is 1.41. The molecule has 0 saturated heterocycles. The Morgan fingerprint density at radius 1 is 0.850 bits per heavy atom. The van der Waals surface area contributed by atoms with Crippen LogP contribution in [-0.4, -0.2) is 20.0 Å². The highest BCUT2D eigenvalue weighted by atomic mass is 16.7. The third kappa shape index (κ3) is 0.927. The average Bonchev–Trinajstić information content (AvgIpc) is 3.01. The normalized spacial score (nSPS) is 48.8. The zero-order valence-corrected chi connectivity index (χ0v) is 12.1. The molecule has 0 aromatic carbocycles. The molecular weight excluding hydrogens is 252 g/mol. The van der Waals surface area contributed by atoms with E-state index in [0.29, 0.717) is 11.8 Å². The van der Waals surface area contributed by atoms with Crippen LogP contribution in [0.15, 0.2) is 0 Å². The second-order valence-electron chi connectivity index (χ2n) is 7.17. The smallest absolute Gasteiger partial charge is 0.210 e. The molecule has 0 aromatic heterocycles. The van der Waals surface area contributed by atoms with Crippen LogP contribution in [0, 0.1) is 57.2 Å². The van der Waals surface area contributed by atoms with Crippen LogP contribution in [0.25, 0.3) is 0 Å². The van der Waals surface area contributed by atoms with E-state index in [1.807, 2.05) is 0 Å². The molecule has 0 radical (unpaired) electrons. The summed E-state index contributed by atoms with van der Waals surface area (Å²) in [6.45, 7) is 0. The van der Waals surface area contributed by atoms with Gasteiger partial charge in [-0.3, -0.25) is 0 Å². The molecule has 0 heterocycles. The molecule has 1 spiro atoms. The zero-order valence-electron chi connectivity index (χ0n) is 12.1. The molecule has 106 valence electrons. The molecular formula is C16H20N2O2. The van der Waals surface area contributed by atoms with Crippen LogP contribution < -0.4 is 0 Å². The van der Waals surface area contributed by atoms with Gasteiger partial charge in [-0.15, -0.1) is 0 Å². The maximum absolute atomic E-state index is 9.77. The number of hydrogen-bond donors (Lipinski definition) is 0. The molecule has 5 aliphatic rings. The number of nitriles is 2. The fourth-order valence-electron chi connectivity index (χ4n) is 6.71. The molecule has 0 aliphatic heterocycles. The Balaban J connectivity index is 1.89. The predicted octanol–water partition coefficient (Wildman–Crippen LogP) is 2.47. The summed E-state index contributed by atoms with van der Waals surface area (Å²) in [5.41, 5.74) is -1.51. The first-order chi connectivity index (χ1) is 9.65. The maximum Gasteiger partial charge on any atom is 0.210 e. The van der Waals surface area contributed by atoms with Crippen LogP contribution in [0.1, 0.15) is 32.1 Å². The van der Waals surface area contributed by atoms with E-state index in [9.17, 15) is 10.5 Å². The van der Waals surface area contributed by atoms with Crippen LogP contribution in [0.4, 0.5) is 0 Å². The van der Waals surface area contributed by atoms with E-state index in [-0.39, 0.29) is 5.41 Å². The summed E-state index contributed by atoms with van der Waals surface area (Å²) >= 11 is 0. The van der Waals surface area contributed by atoms with Crippen molar-refractivity contribution in [1.82, 2.24) is 0 Å². The third-order valence-electron chi connectivity index (χ3n) is 6.93. The second kappa shape index (κ2) is 3.56. The van der Waals surface area contributed by atoms with Crippen molar-refractivity contribution < 1.29 is 9.47 Å². The topological polar surface area (TPSA) is 66.0 Å². The largest absolute Gasteiger partial charge is 0.350 e. The van der Waals surface area contributed by atoms with Gasteiger partial charge in [0, 0.05) is 14.2 Å². The zero-order chi connectivity index (χ0) is 14.2. The quantitative estimate of drug-likeness (QED) is 0.724. The number of nitrogens with zero attached hydrogens (tertiary/aromatic N) is 2. The van der Waals surface area contributed by atoms with Crippen LogP contribution >= 0.6 is 0 Å². The molecule has 0 aromatic rings. The van der Waals surface area contributed by atoms with Crippen molar-refractivity contribution in [2.24, 2.45) is 34.5 Å². The highest BCUT2D eigenvalue weighted by molar-refractivity contribution is 5.48. The van der Waals surface area contributed by atoms with E-state index in [4.69, 9.17) is 9.47 Å². The highest BCUT2D eigenvalue weighted by Crippen LogP contribution is 2.86. The molecule has 0 unspecified atom stereocenters. The van der Waals surface area contributed by atoms with Crippen molar-refractivity contribution in [2.45, 2.75) is 37.9 Å². The molecule has 5 rings (SSSR count). The fourth-order valence-corrected chi connectivity index (χ4v) is 6.71. The first-order valence-corrected chi connectivity index (χ1v) is 7.58. The van der Waals surface area contributed by atoms with Crippen molar-refractivity contribution >= 4 is 0 Å². The Hall–Kier alpha value is -1.10. The first-order valence-electron chi connectivity index (χ1n) is 7.58. The molecule has 4 heteroatoms. The van der Waals surface area contributed by atoms with Crippen molar-refractivity contribution in [2.75, 3.05) is 14.2 Å². The van der Waals surface area contributed by atoms with Gasteiger partial charge in [0.05, 0.1) is 17.6 Å². The molecule has 5 aliphatic carbocycles. The van der Waals surface area contributed by atoms with Gasteiger partial charge in [-0.05, 0) is 55.8 Å². The Kier molecular flexibility index (Phi) is 2.25. The molecule has 4 nitrogen and oxygen atoms in total. The molecule has 0 N–H and O–H groups in total.